The summed E-state index contributed by atoms with van der Waals surface area (Å²) in [4.78, 5) is 35.4. The molecule has 2 aromatic carbocycles. The summed E-state index contributed by atoms with van der Waals surface area (Å²) >= 11 is 0. The highest BCUT2D eigenvalue weighted by molar-refractivity contribution is 6.03. The first-order valence-corrected chi connectivity index (χ1v) is 8.01. The number of ether oxygens (including phenoxy) is 3. The van der Waals surface area contributed by atoms with Crippen molar-refractivity contribution in [3.8, 4) is 17.2 Å². The van der Waals surface area contributed by atoms with Crippen molar-refractivity contribution in [2.24, 2.45) is 0 Å². The van der Waals surface area contributed by atoms with Gasteiger partial charge in [0.05, 0.1) is 12.7 Å². The van der Waals surface area contributed by atoms with E-state index >= 15 is 0 Å². The van der Waals surface area contributed by atoms with E-state index < -0.39 is 17.9 Å². The third kappa shape index (κ3) is 4.69. The first kappa shape index (κ1) is 19.2. The van der Waals surface area contributed by atoms with Crippen LogP contribution < -0.4 is 14.2 Å². The Kier molecular flexibility index (Phi) is 6.11. The van der Waals surface area contributed by atoms with Crippen LogP contribution in [0.1, 0.15) is 42.6 Å². The minimum Gasteiger partial charge on any atom is -0.497 e. The number of hydrogen-bond acceptors (Lipinski definition) is 6. The van der Waals surface area contributed by atoms with E-state index in [-0.39, 0.29) is 22.8 Å². The van der Waals surface area contributed by atoms with Crippen molar-refractivity contribution in [1.29, 1.82) is 0 Å². The van der Waals surface area contributed by atoms with E-state index in [4.69, 9.17) is 14.2 Å². The van der Waals surface area contributed by atoms with Gasteiger partial charge in [-0.2, -0.15) is 0 Å². The molecule has 0 radical (unpaired) electrons. The third-order valence-corrected chi connectivity index (χ3v) is 3.74. The van der Waals surface area contributed by atoms with Crippen LogP contribution >= 0.6 is 0 Å². The summed E-state index contributed by atoms with van der Waals surface area (Å²) in [6.45, 7) is 4.26. The molecule has 0 saturated carbocycles. The Labute approximate surface area is 151 Å². The largest absolute Gasteiger partial charge is 0.497 e. The van der Waals surface area contributed by atoms with Crippen molar-refractivity contribution in [3.05, 3.63) is 53.6 Å². The SMILES string of the molecule is COc1ccc([C@H](C)C(=O)c2ccc(OC(C)=O)cc2OC(C)=O)cc1. The van der Waals surface area contributed by atoms with E-state index in [0.29, 0.717) is 5.75 Å². The van der Waals surface area contributed by atoms with Crippen LogP contribution in [-0.4, -0.2) is 24.8 Å². The second-order valence-electron chi connectivity index (χ2n) is 5.70. The Morgan fingerprint density at radius 3 is 1.96 bits per heavy atom. The highest BCUT2D eigenvalue weighted by Gasteiger charge is 2.22. The maximum absolute atomic E-state index is 12.9. The average molecular weight is 356 g/mol. The lowest BCUT2D eigenvalue weighted by molar-refractivity contribution is -0.132. The van der Waals surface area contributed by atoms with Crippen LogP contribution in [0.2, 0.25) is 0 Å². The zero-order valence-electron chi connectivity index (χ0n) is 15.1. The molecule has 0 N–H and O–H groups in total. The van der Waals surface area contributed by atoms with E-state index in [1.807, 2.05) is 0 Å². The second kappa shape index (κ2) is 8.29. The molecule has 2 rings (SSSR count). The maximum Gasteiger partial charge on any atom is 0.308 e. The van der Waals surface area contributed by atoms with E-state index in [1.54, 1.807) is 38.3 Å². The van der Waals surface area contributed by atoms with Crippen LogP contribution in [0.5, 0.6) is 17.2 Å². The number of carbonyl (C=O) groups excluding carboxylic acids is 3. The van der Waals surface area contributed by atoms with Gasteiger partial charge in [0, 0.05) is 25.8 Å². The summed E-state index contributed by atoms with van der Waals surface area (Å²) in [7, 11) is 1.57. The lowest BCUT2D eigenvalue weighted by atomic mass is 9.92. The molecule has 2 aromatic rings. The molecule has 0 amide bonds. The molecular weight excluding hydrogens is 336 g/mol. The lowest BCUT2D eigenvalue weighted by Gasteiger charge is -2.15. The molecule has 0 aliphatic heterocycles. The Morgan fingerprint density at radius 2 is 1.42 bits per heavy atom. The fourth-order valence-electron chi connectivity index (χ4n) is 2.45. The summed E-state index contributed by atoms with van der Waals surface area (Å²) in [5.41, 5.74) is 1.04. The molecule has 6 nitrogen and oxygen atoms in total. The molecule has 0 saturated heterocycles. The van der Waals surface area contributed by atoms with Gasteiger partial charge < -0.3 is 14.2 Å². The van der Waals surface area contributed by atoms with Crippen molar-refractivity contribution < 1.29 is 28.6 Å². The molecule has 0 unspecified atom stereocenters. The van der Waals surface area contributed by atoms with Gasteiger partial charge in [-0.3, -0.25) is 14.4 Å². The number of methoxy groups -OCH3 is 1. The normalized spacial score (nSPS) is 11.4. The van der Waals surface area contributed by atoms with Crippen molar-refractivity contribution in [2.45, 2.75) is 26.7 Å². The number of benzene rings is 2. The Morgan fingerprint density at radius 1 is 0.846 bits per heavy atom. The summed E-state index contributed by atoms with van der Waals surface area (Å²) in [5.74, 6) is -0.820. The molecule has 0 fully saturated rings. The van der Waals surface area contributed by atoms with Crippen LogP contribution in [-0.2, 0) is 9.59 Å². The smallest absolute Gasteiger partial charge is 0.308 e. The molecule has 26 heavy (non-hydrogen) atoms. The molecular formula is C20H20O6. The summed E-state index contributed by atoms with van der Waals surface area (Å²) in [6.07, 6.45) is 0. The minimum atomic E-state index is -0.573. The Hall–Kier alpha value is -3.15. The highest BCUT2D eigenvalue weighted by Crippen LogP contribution is 2.31. The van der Waals surface area contributed by atoms with Crippen LogP contribution in [0.25, 0.3) is 0 Å². The van der Waals surface area contributed by atoms with E-state index in [0.717, 1.165) is 5.56 Å². The first-order valence-electron chi connectivity index (χ1n) is 8.01. The van der Waals surface area contributed by atoms with Crippen LogP contribution in [0.15, 0.2) is 42.5 Å². The first-order chi connectivity index (χ1) is 12.3. The zero-order valence-corrected chi connectivity index (χ0v) is 15.1. The quantitative estimate of drug-likeness (QED) is 0.447. The van der Waals surface area contributed by atoms with Gasteiger partial charge in [-0.15, -0.1) is 0 Å². The molecule has 0 spiro atoms. The highest BCUT2D eigenvalue weighted by atomic mass is 16.5. The fraction of sp³-hybridized carbons (Fsp3) is 0.250. The molecule has 6 heteroatoms. The second-order valence-corrected chi connectivity index (χ2v) is 5.70. The van der Waals surface area contributed by atoms with Crippen molar-refractivity contribution >= 4 is 17.7 Å². The molecule has 136 valence electrons. The number of hydrogen-bond donors (Lipinski definition) is 0. The molecule has 0 bridgehead atoms. The van der Waals surface area contributed by atoms with Crippen LogP contribution in [0, 0.1) is 0 Å². The predicted molar refractivity (Wildman–Crippen MR) is 94.8 cm³/mol. The molecule has 1 atom stereocenters. The van der Waals surface area contributed by atoms with E-state index in [9.17, 15) is 14.4 Å². The van der Waals surface area contributed by atoms with Crippen LogP contribution in [0.4, 0.5) is 0 Å². The zero-order chi connectivity index (χ0) is 19.3. The van der Waals surface area contributed by atoms with Gasteiger partial charge in [0.1, 0.15) is 17.2 Å². The number of rotatable bonds is 6. The van der Waals surface area contributed by atoms with E-state index in [2.05, 4.69) is 0 Å². The summed E-state index contributed by atoms with van der Waals surface area (Å²) in [6, 6.07) is 11.5. The molecule has 0 heterocycles. The maximum atomic E-state index is 12.9. The minimum absolute atomic E-state index is 0.0570. The van der Waals surface area contributed by atoms with Crippen molar-refractivity contribution in [3.63, 3.8) is 0 Å². The molecule has 0 aromatic heterocycles. The van der Waals surface area contributed by atoms with Gasteiger partial charge in [0.2, 0.25) is 0 Å². The Bertz CT molecular complexity index is 823. The van der Waals surface area contributed by atoms with E-state index in [1.165, 1.54) is 32.0 Å². The lowest BCUT2D eigenvalue weighted by Crippen LogP contribution is -2.13. The number of Topliss-reactive ketones (excluding diaryl/α,β-unsaturated/α-hetero) is 1. The van der Waals surface area contributed by atoms with Gasteiger partial charge in [-0.05, 0) is 29.8 Å². The number of carbonyl (C=O) groups is 3. The fourth-order valence-corrected chi connectivity index (χ4v) is 2.45. The number of ketones is 1. The van der Waals surface area contributed by atoms with Gasteiger partial charge >= 0.3 is 11.9 Å². The molecule has 0 aliphatic rings. The van der Waals surface area contributed by atoms with Crippen LogP contribution in [0.3, 0.4) is 0 Å². The van der Waals surface area contributed by atoms with Crippen molar-refractivity contribution in [2.75, 3.05) is 7.11 Å². The van der Waals surface area contributed by atoms with Crippen molar-refractivity contribution in [1.82, 2.24) is 0 Å². The average Bonchev–Trinajstić information content (AvgIpc) is 2.60. The Balaban J connectivity index is 2.35. The summed E-state index contributed by atoms with van der Waals surface area (Å²) < 4.78 is 15.2. The molecule has 0 aliphatic carbocycles. The summed E-state index contributed by atoms with van der Waals surface area (Å²) in [5, 5.41) is 0. The topological polar surface area (TPSA) is 78.9 Å². The standard InChI is InChI=1S/C20H20O6/c1-12(15-5-7-16(24-4)8-6-15)20(23)18-10-9-17(25-13(2)21)11-19(18)26-14(3)22/h5-12H,1-4H3/t12-/m0/s1. The van der Waals surface area contributed by atoms with Gasteiger partial charge in [-0.25, -0.2) is 0 Å². The predicted octanol–water partition coefficient (Wildman–Crippen LogP) is 3.53. The number of esters is 2. The van der Waals surface area contributed by atoms with Gasteiger partial charge in [0.15, 0.2) is 5.78 Å². The van der Waals surface area contributed by atoms with Gasteiger partial charge in [0.25, 0.3) is 0 Å². The monoisotopic (exact) mass is 356 g/mol. The van der Waals surface area contributed by atoms with Gasteiger partial charge in [-0.1, -0.05) is 19.1 Å². The third-order valence-electron chi connectivity index (χ3n) is 3.74.